The van der Waals surface area contributed by atoms with E-state index in [9.17, 15) is 4.79 Å². The second-order valence-electron chi connectivity index (χ2n) is 5.24. The number of rotatable bonds is 6. The zero-order valence-corrected chi connectivity index (χ0v) is 12.7. The Balaban J connectivity index is 2.10. The average Bonchev–Trinajstić information content (AvgIpc) is 2.93. The van der Waals surface area contributed by atoms with Gasteiger partial charge in [-0.15, -0.1) is 0 Å². The van der Waals surface area contributed by atoms with Gasteiger partial charge in [-0.3, -0.25) is 0 Å². The standard InChI is InChI=1S/C16H24N2O3/c1-3-14-11(8-9-21-14)10-18-15-12(16(19)20-4-2)6-5-7-13(15)17/h5-7,11,14,18H,3-4,8-10,17H2,1-2H3. The van der Waals surface area contributed by atoms with E-state index in [1.807, 2.05) is 0 Å². The summed E-state index contributed by atoms with van der Waals surface area (Å²) >= 11 is 0. The molecule has 0 amide bonds. The number of hydrogen-bond donors (Lipinski definition) is 2. The molecule has 5 heteroatoms. The number of esters is 1. The maximum Gasteiger partial charge on any atom is 0.340 e. The molecule has 116 valence electrons. The molecule has 0 aliphatic carbocycles. The molecule has 1 aromatic rings. The molecule has 0 aromatic heterocycles. The molecular weight excluding hydrogens is 268 g/mol. The van der Waals surface area contributed by atoms with Crippen LogP contribution in [0.25, 0.3) is 0 Å². The van der Waals surface area contributed by atoms with Crippen molar-refractivity contribution in [2.24, 2.45) is 5.92 Å². The van der Waals surface area contributed by atoms with Crippen LogP contribution in [0.4, 0.5) is 11.4 Å². The largest absolute Gasteiger partial charge is 0.462 e. The third kappa shape index (κ3) is 3.67. The third-order valence-corrected chi connectivity index (χ3v) is 3.88. The monoisotopic (exact) mass is 292 g/mol. The van der Waals surface area contributed by atoms with E-state index in [0.717, 1.165) is 26.0 Å². The van der Waals surface area contributed by atoms with E-state index >= 15 is 0 Å². The fourth-order valence-corrected chi connectivity index (χ4v) is 2.76. The number of carbonyl (C=O) groups excluding carboxylic acids is 1. The highest BCUT2D eigenvalue weighted by Gasteiger charge is 2.27. The summed E-state index contributed by atoms with van der Waals surface area (Å²) < 4.78 is 10.8. The number of hydrogen-bond acceptors (Lipinski definition) is 5. The molecule has 5 nitrogen and oxygen atoms in total. The highest BCUT2D eigenvalue weighted by atomic mass is 16.5. The summed E-state index contributed by atoms with van der Waals surface area (Å²) in [5.41, 5.74) is 7.72. The molecule has 1 aliphatic rings. The smallest absolute Gasteiger partial charge is 0.340 e. The maximum absolute atomic E-state index is 12.0. The normalized spacial score (nSPS) is 21.2. The van der Waals surface area contributed by atoms with Crippen molar-refractivity contribution < 1.29 is 14.3 Å². The molecule has 1 aromatic carbocycles. The van der Waals surface area contributed by atoms with Crippen LogP contribution >= 0.6 is 0 Å². The van der Waals surface area contributed by atoms with Gasteiger partial charge in [-0.05, 0) is 31.9 Å². The molecule has 2 unspecified atom stereocenters. The first-order valence-electron chi connectivity index (χ1n) is 7.58. The van der Waals surface area contributed by atoms with Crippen LogP contribution < -0.4 is 11.1 Å². The van der Waals surface area contributed by atoms with Gasteiger partial charge >= 0.3 is 5.97 Å². The Morgan fingerprint density at radius 2 is 2.29 bits per heavy atom. The van der Waals surface area contributed by atoms with Crippen molar-refractivity contribution in [3.05, 3.63) is 23.8 Å². The third-order valence-electron chi connectivity index (χ3n) is 3.88. The van der Waals surface area contributed by atoms with Gasteiger partial charge in [-0.2, -0.15) is 0 Å². The maximum atomic E-state index is 12.0. The molecular formula is C16H24N2O3. The van der Waals surface area contributed by atoms with Crippen molar-refractivity contribution in [1.82, 2.24) is 0 Å². The van der Waals surface area contributed by atoms with Gasteiger partial charge < -0.3 is 20.5 Å². The lowest BCUT2D eigenvalue weighted by atomic mass is 9.99. The predicted octanol–water partition coefficient (Wildman–Crippen LogP) is 2.67. The summed E-state index contributed by atoms with van der Waals surface area (Å²) in [6, 6.07) is 5.28. The van der Waals surface area contributed by atoms with Crippen molar-refractivity contribution >= 4 is 17.3 Å². The lowest BCUT2D eigenvalue weighted by Crippen LogP contribution is -2.24. The molecule has 1 fully saturated rings. The van der Waals surface area contributed by atoms with Gasteiger partial charge in [0.25, 0.3) is 0 Å². The predicted molar refractivity (Wildman–Crippen MR) is 83.4 cm³/mol. The summed E-state index contributed by atoms with van der Waals surface area (Å²) in [6.07, 6.45) is 2.32. The summed E-state index contributed by atoms with van der Waals surface area (Å²) in [5, 5.41) is 3.32. The number of anilines is 2. The van der Waals surface area contributed by atoms with E-state index in [1.54, 1.807) is 25.1 Å². The number of para-hydroxylation sites is 1. The lowest BCUT2D eigenvalue weighted by molar-refractivity contribution is 0.0527. The quantitative estimate of drug-likeness (QED) is 0.623. The van der Waals surface area contributed by atoms with E-state index in [0.29, 0.717) is 29.5 Å². The summed E-state index contributed by atoms with van der Waals surface area (Å²) in [5.74, 6) is 0.103. The van der Waals surface area contributed by atoms with E-state index < -0.39 is 0 Å². The minimum atomic E-state index is -0.345. The average molecular weight is 292 g/mol. The van der Waals surface area contributed by atoms with Crippen LogP contribution in [0, 0.1) is 5.92 Å². The van der Waals surface area contributed by atoms with E-state index in [4.69, 9.17) is 15.2 Å². The number of nitrogens with one attached hydrogen (secondary N) is 1. The molecule has 0 radical (unpaired) electrons. The van der Waals surface area contributed by atoms with Crippen molar-refractivity contribution in [2.45, 2.75) is 32.8 Å². The number of ether oxygens (including phenoxy) is 2. The van der Waals surface area contributed by atoms with Gasteiger partial charge in [0.1, 0.15) is 0 Å². The van der Waals surface area contributed by atoms with Crippen LogP contribution in [-0.4, -0.2) is 31.8 Å². The zero-order valence-electron chi connectivity index (χ0n) is 12.7. The Morgan fingerprint density at radius 1 is 1.48 bits per heavy atom. The van der Waals surface area contributed by atoms with Crippen molar-refractivity contribution in [3.8, 4) is 0 Å². The van der Waals surface area contributed by atoms with E-state index in [1.165, 1.54) is 0 Å². The van der Waals surface area contributed by atoms with E-state index in [-0.39, 0.29) is 12.1 Å². The number of nitrogens with two attached hydrogens (primary N) is 1. The highest BCUT2D eigenvalue weighted by Crippen LogP contribution is 2.28. The van der Waals surface area contributed by atoms with Crippen molar-refractivity contribution in [2.75, 3.05) is 30.8 Å². The van der Waals surface area contributed by atoms with Crippen molar-refractivity contribution in [3.63, 3.8) is 0 Å². The topological polar surface area (TPSA) is 73.6 Å². The molecule has 3 N–H and O–H groups in total. The first-order chi connectivity index (χ1) is 10.2. The second kappa shape index (κ2) is 7.31. The SMILES string of the molecule is CCOC(=O)c1cccc(N)c1NCC1CCOC1CC. The van der Waals surface area contributed by atoms with Crippen LogP contribution in [0.3, 0.4) is 0 Å². The second-order valence-corrected chi connectivity index (χ2v) is 5.24. The zero-order chi connectivity index (χ0) is 15.2. The van der Waals surface area contributed by atoms with Crippen LogP contribution in [0.15, 0.2) is 18.2 Å². The number of benzene rings is 1. The fourth-order valence-electron chi connectivity index (χ4n) is 2.76. The molecule has 1 heterocycles. The molecule has 0 saturated carbocycles. The summed E-state index contributed by atoms with van der Waals surface area (Å²) in [6.45, 7) is 5.82. The molecule has 2 atom stereocenters. The summed E-state index contributed by atoms with van der Waals surface area (Å²) in [4.78, 5) is 12.0. The molecule has 2 rings (SSSR count). The Kier molecular flexibility index (Phi) is 5.44. The first-order valence-corrected chi connectivity index (χ1v) is 7.58. The van der Waals surface area contributed by atoms with Crippen molar-refractivity contribution in [1.29, 1.82) is 0 Å². The molecule has 1 aliphatic heterocycles. The van der Waals surface area contributed by atoms with Gasteiger partial charge in [0, 0.05) is 19.1 Å². The van der Waals surface area contributed by atoms with Crippen LogP contribution in [0.2, 0.25) is 0 Å². The van der Waals surface area contributed by atoms with Crippen LogP contribution in [-0.2, 0) is 9.47 Å². The fraction of sp³-hybridized carbons (Fsp3) is 0.562. The molecule has 0 bridgehead atoms. The number of nitrogen functional groups attached to an aromatic ring is 1. The Morgan fingerprint density at radius 3 is 3.00 bits per heavy atom. The Bertz CT molecular complexity index is 490. The minimum absolute atomic E-state index is 0.286. The Hall–Kier alpha value is -1.75. The van der Waals surface area contributed by atoms with Gasteiger partial charge in [0.15, 0.2) is 0 Å². The number of carbonyl (C=O) groups is 1. The summed E-state index contributed by atoms with van der Waals surface area (Å²) in [7, 11) is 0. The highest BCUT2D eigenvalue weighted by molar-refractivity contribution is 5.98. The van der Waals surface area contributed by atoms with Crippen LogP contribution in [0.1, 0.15) is 37.0 Å². The molecule has 0 spiro atoms. The molecule has 1 saturated heterocycles. The van der Waals surface area contributed by atoms with E-state index in [2.05, 4.69) is 12.2 Å². The van der Waals surface area contributed by atoms with Gasteiger partial charge in [0.05, 0.1) is 29.6 Å². The van der Waals surface area contributed by atoms with Crippen LogP contribution in [0.5, 0.6) is 0 Å². The molecule has 21 heavy (non-hydrogen) atoms. The Labute approximate surface area is 125 Å². The van der Waals surface area contributed by atoms with Gasteiger partial charge in [0.2, 0.25) is 0 Å². The minimum Gasteiger partial charge on any atom is -0.462 e. The van der Waals surface area contributed by atoms with Gasteiger partial charge in [-0.25, -0.2) is 4.79 Å². The van der Waals surface area contributed by atoms with Gasteiger partial charge in [-0.1, -0.05) is 13.0 Å². The lowest BCUT2D eigenvalue weighted by Gasteiger charge is -2.20. The first kappa shape index (κ1) is 15.6.